The second-order valence-electron chi connectivity index (χ2n) is 5.80. The number of nitrogens with one attached hydrogen (secondary N) is 2. The second kappa shape index (κ2) is 7.72. The molecule has 0 bridgehead atoms. The van der Waals surface area contributed by atoms with Gasteiger partial charge in [-0.05, 0) is 50.5 Å². The number of rotatable bonds is 6. The van der Waals surface area contributed by atoms with Crippen molar-refractivity contribution in [2.75, 3.05) is 5.32 Å². The predicted octanol–water partition coefficient (Wildman–Crippen LogP) is 3.23. The van der Waals surface area contributed by atoms with E-state index in [4.69, 9.17) is 0 Å². The van der Waals surface area contributed by atoms with Crippen LogP contribution in [-0.4, -0.2) is 21.9 Å². The molecule has 0 spiro atoms. The lowest BCUT2D eigenvalue weighted by molar-refractivity contribution is 0.0939. The van der Waals surface area contributed by atoms with Crippen molar-refractivity contribution in [1.82, 2.24) is 15.3 Å². The van der Waals surface area contributed by atoms with Crippen molar-refractivity contribution in [3.05, 3.63) is 52.8 Å². The van der Waals surface area contributed by atoms with Crippen LogP contribution >= 0.6 is 0 Å². The second-order valence-corrected chi connectivity index (χ2v) is 5.80. The molecule has 1 heterocycles. The lowest BCUT2D eigenvalue weighted by Crippen LogP contribution is -2.31. The number of hydrogen-bond acceptors (Lipinski definition) is 4. The average Bonchev–Trinajstić information content (AvgIpc) is 2.56. The summed E-state index contributed by atoms with van der Waals surface area (Å²) in [6.45, 7) is 8.57. The molecule has 23 heavy (non-hydrogen) atoms. The number of nitrogens with zero attached hydrogens (tertiary/aromatic N) is 2. The van der Waals surface area contributed by atoms with Gasteiger partial charge in [-0.3, -0.25) is 4.79 Å². The third-order valence-corrected chi connectivity index (χ3v) is 3.85. The molecule has 0 aliphatic carbocycles. The van der Waals surface area contributed by atoms with Crippen LogP contribution in [0, 0.1) is 13.8 Å². The molecular weight excluding hydrogens is 288 g/mol. The Bertz CT molecular complexity index is 684. The molecule has 1 amide bonds. The lowest BCUT2D eigenvalue weighted by atomic mass is 10.1. The van der Waals surface area contributed by atoms with Crippen molar-refractivity contribution in [3.8, 4) is 0 Å². The van der Waals surface area contributed by atoms with Gasteiger partial charge < -0.3 is 10.6 Å². The molecule has 2 N–H and O–H groups in total. The fourth-order valence-corrected chi connectivity index (χ4v) is 2.03. The molecule has 2 aromatic rings. The summed E-state index contributed by atoms with van der Waals surface area (Å²) in [4.78, 5) is 20.8. The smallest absolute Gasteiger partial charge is 0.251 e. The molecule has 1 atom stereocenters. The van der Waals surface area contributed by atoms with E-state index >= 15 is 0 Å². The van der Waals surface area contributed by atoms with Gasteiger partial charge in [-0.25, -0.2) is 9.97 Å². The Labute approximate surface area is 137 Å². The summed E-state index contributed by atoms with van der Waals surface area (Å²) in [6.07, 6.45) is 2.72. The molecule has 2 rings (SSSR count). The minimum atomic E-state index is -0.0383. The van der Waals surface area contributed by atoms with Crippen LogP contribution in [0.15, 0.2) is 30.5 Å². The SMILES string of the molecule is CC[C@@H](C)NC(=O)c1cccc(CNc2ncc(C)c(C)n2)c1. The zero-order valence-corrected chi connectivity index (χ0v) is 14.2. The Balaban J connectivity index is 2.02. The molecule has 1 aromatic carbocycles. The van der Waals surface area contributed by atoms with E-state index in [9.17, 15) is 4.79 Å². The van der Waals surface area contributed by atoms with Crippen LogP contribution in [0.3, 0.4) is 0 Å². The number of anilines is 1. The molecule has 0 radical (unpaired) electrons. The first-order valence-electron chi connectivity index (χ1n) is 7.93. The molecule has 122 valence electrons. The molecule has 0 aliphatic rings. The standard InChI is InChI=1S/C18H24N4O/c1-5-13(3)21-17(23)16-8-6-7-15(9-16)11-20-18-19-10-12(2)14(4)22-18/h6-10,13H,5,11H2,1-4H3,(H,21,23)(H,19,20,22)/t13-/m1/s1. The fourth-order valence-electron chi connectivity index (χ4n) is 2.03. The average molecular weight is 312 g/mol. The van der Waals surface area contributed by atoms with Crippen molar-refractivity contribution in [2.24, 2.45) is 0 Å². The summed E-state index contributed by atoms with van der Waals surface area (Å²) in [6, 6.07) is 7.77. The molecule has 0 aliphatic heterocycles. The van der Waals surface area contributed by atoms with Gasteiger partial charge >= 0.3 is 0 Å². The summed E-state index contributed by atoms with van der Waals surface area (Å²) in [5.74, 6) is 0.561. The van der Waals surface area contributed by atoms with Crippen LogP contribution in [0.5, 0.6) is 0 Å². The van der Waals surface area contributed by atoms with E-state index in [-0.39, 0.29) is 11.9 Å². The quantitative estimate of drug-likeness (QED) is 0.859. The van der Waals surface area contributed by atoms with Gasteiger partial charge in [0.2, 0.25) is 5.95 Å². The zero-order valence-electron chi connectivity index (χ0n) is 14.2. The van der Waals surface area contributed by atoms with Crippen LogP contribution in [0.2, 0.25) is 0 Å². The Morgan fingerprint density at radius 3 is 2.78 bits per heavy atom. The summed E-state index contributed by atoms with van der Waals surface area (Å²) in [7, 11) is 0. The highest BCUT2D eigenvalue weighted by atomic mass is 16.1. The highest BCUT2D eigenvalue weighted by Gasteiger charge is 2.09. The van der Waals surface area contributed by atoms with Gasteiger partial charge in [0, 0.05) is 30.0 Å². The molecule has 0 saturated carbocycles. The maximum absolute atomic E-state index is 12.2. The molecular formula is C18H24N4O. The van der Waals surface area contributed by atoms with Crippen molar-refractivity contribution >= 4 is 11.9 Å². The monoisotopic (exact) mass is 312 g/mol. The van der Waals surface area contributed by atoms with E-state index in [2.05, 4.69) is 27.5 Å². The molecule has 5 heteroatoms. The maximum atomic E-state index is 12.2. The van der Waals surface area contributed by atoms with E-state index < -0.39 is 0 Å². The first-order valence-corrected chi connectivity index (χ1v) is 7.93. The predicted molar refractivity (Wildman–Crippen MR) is 92.5 cm³/mol. The summed E-state index contributed by atoms with van der Waals surface area (Å²) < 4.78 is 0. The highest BCUT2D eigenvalue weighted by Crippen LogP contribution is 2.10. The highest BCUT2D eigenvalue weighted by molar-refractivity contribution is 5.94. The first kappa shape index (κ1) is 16.9. The normalized spacial score (nSPS) is 11.8. The van der Waals surface area contributed by atoms with Crippen molar-refractivity contribution < 1.29 is 4.79 Å². The maximum Gasteiger partial charge on any atom is 0.251 e. The van der Waals surface area contributed by atoms with Crippen molar-refractivity contribution in [2.45, 2.75) is 46.7 Å². The summed E-state index contributed by atoms with van der Waals surface area (Å²) >= 11 is 0. The van der Waals surface area contributed by atoms with Gasteiger partial charge in [-0.15, -0.1) is 0 Å². The number of benzene rings is 1. The van der Waals surface area contributed by atoms with Crippen LogP contribution in [0.4, 0.5) is 5.95 Å². The van der Waals surface area contributed by atoms with E-state index in [1.54, 1.807) is 6.20 Å². The molecule has 5 nitrogen and oxygen atoms in total. The molecule has 0 fully saturated rings. The number of carbonyl (C=O) groups is 1. The Morgan fingerprint density at radius 1 is 1.30 bits per heavy atom. The van der Waals surface area contributed by atoms with Gasteiger partial charge in [0.1, 0.15) is 0 Å². The number of amides is 1. The van der Waals surface area contributed by atoms with E-state index in [0.717, 1.165) is 23.2 Å². The number of hydrogen-bond donors (Lipinski definition) is 2. The van der Waals surface area contributed by atoms with Crippen LogP contribution in [0.25, 0.3) is 0 Å². The Hall–Kier alpha value is -2.43. The lowest BCUT2D eigenvalue weighted by Gasteiger charge is -2.12. The van der Waals surface area contributed by atoms with Crippen LogP contribution < -0.4 is 10.6 Å². The Morgan fingerprint density at radius 2 is 2.09 bits per heavy atom. The van der Waals surface area contributed by atoms with Gasteiger partial charge in [-0.1, -0.05) is 19.1 Å². The van der Waals surface area contributed by atoms with Crippen LogP contribution in [-0.2, 0) is 6.54 Å². The first-order chi connectivity index (χ1) is 11.0. The third-order valence-electron chi connectivity index (χ3n) is 3.85. The van der Waals surface area contributed by atoms with Gasteiger partial charge in [0.15, 0.2) is 0 Å². The van der Waals surface area contributed by atoms with E-state index in [0.29, 0.717) is 18.1 Å². The summed E-state index contributed by atoms with van der Waals surface area (Å²) in [5, 5.41) is 6.17. The van der Waals surface area contributed by atoms with E-state index in [1.807, 2.05) is 45.0 Å². The molecule has 1 aromatic heterocycles. The zero-order chi connectivity index (χ0) is 16.8. The van der Waals surface area contributed by atoms with Gasteiger partial charge in [-0.2, -0.15) is 0 Å². The molecule has 0 unspecified atom stereocenters. The van der Waals surface area contributed by atoms with Gasteiger partial charge in [0.05, 0.1) is 0 Å². The summed E-state index contributed by atoms with van der Waals surface area (Å²) in [5.41, 5.74) is 3.72. The van der Waals surface area contributed by atoms with E-state index in [1.165, 1.54) is 0 Å². The van der Waals surface area contributed by atoms with Crippen molar-refractivity contribution in [1.29, 1.82) is 0 Å². The Kier molecular flexibility index (Phi) is 5.68. The fraction of sp³-hybridized carbons (Fsp3) is 0.389. The third kappa shape index (κ3) is 4.77. The minimum Gasteiger partial charge on any atom is -0.350 e. The number of aromatic nitrogens is 2. The topological polar surface area (TPSA) is 66.9 Å². The number of aryl methyl sites for hydroxylation is 2. The largest absolute Gasteiger partial charge is 0.350 e. The van der Waals surface area contributed by atoms with Crippen LogP contribution in [0.1, 0.15) is 47.4 Å². The minimum absolute atomic E-state index is 0.0383. The molecule has 0 saturated heterocycles. The number of carbonyl (C=O) groups excluding carboxylic acids is 1. The van der Waals surface area contributed by atoms with Gasteiger partial charge in [0.25, 0.3) is 5.91 Å². The van der Waals surface area contributed by atoms with Crippen molar-refractivity contribution in [3.63, 3.8) is 0 Å².